The zero-order valence-electron chi connectivity index (χ0n) is 24.7. The molecule has 2 aromatic carbocycles. The molecule has 3 aromatic rings. The number of phenols is 1. The van der Waals surface area contributed by atoms with Gasteiger partial charge in [-0.1, -0.05) is 61.2 Å². The van der Waals surface area contributed by atoms with Crippen LogP contribution in [0.3, 0.4) is 0 Å². The van der Waals surface area contributed by atoms with E-state index in [1.807, 2.05) is 55.5 Å². The van der Waals surface area contributed by atoms with Crippen LogP contribution < -0.4 is 0 Å². The normalized spacial score (nSPS) is 24.1. The summed E-state index contributed by atoms with van der Waals surface area (Å²) >= 11 is 0. The molecule has 3 N–H and O–H groups in total. The van der Waals surface area contributed by atoms with Crippen molar-refractivity contribution in [2.24, 2.45) is 17.8 Å². The highest BCUT2D eigenvalue weighted by molar-refractivity contribution is 6.06. The Morgan fingerprint density at radius 1 is 1.00 bits per heavy atom. The highest BCUT2D eigenvalue weighted by Crippen LogP contribution is 2.47. The molecule has 43 heavy (non-hydrogen) atoms. The van der Waals surface area contributed by atoms with Crippen LogP contribution in [0, 0.1) is 17.8 Å². The third-order valence-electron chi connectivity index (χ3n) is 9.80. The second-order valence-electron chi connectivity index (χ2n) is 12.4. The Hall–Kier alpha value is -3.81. The molecule has 7 nitrogen and oxygen atoms in total. The molecule has 2 fully saturated rings. The maximum atomic E-state index is 13.7. The van der Waals surface area contributed by atoms with Gasteiger partial charge in [-0.2, -0.15) is 0 Å². The van der Waals surface area contributed by atoms with E-state index in [0.29, 0.717) is 24.8 Å². The number of nitrogens with zero attached hydrogens (tertiary/aromatic N) is 2. The number of carbonyl (C=O) groups excluding carboxylic acids is 2. The Labute approximate surface area is 252 Å². The number of rotatable bonds is 8. The molecular formula is C36H40N2O5. The maximum Gasteiger partial charge on any atom is 0.234 e. The molecule has 2 aliphatic carbocycles. The highest BCUT2D eigenvalue weighted by atomic mass is 16.3. The lowest BCUT2D eigenvalue weighted by molar-refractivity contribution is -0.143. The maximum absolute atomic E-state index is 13.7. The van der Waals surface area contributed by atoms with Crippen LogP contribution in [0.25, 0.3) is 22.4 Å². The first-order chi connectivity index (χ1) is 20.9. The van der Waals surface area contributed by atoms with Gasteiger partial charge in [0.2, 0.25) is 11.8 Å². The van der Waals surface area contributed by atoms with E-state index in [0.717, 1.165) is 65.3 Å². The van der Waals surface area contributed by atoms with Crippen LogP contribution in [0.4, 0.5) is 0 Å². The van der Waals surface area contributed by atoms with Gasteiger partial charge in [-0.3, -0.25) is 19.5 Å². The lowest BCUT2D eigenvalue weighted by Gasteiger charge is -2.35. The van der Waals surface area contributed by atoms with Crippen molar-refractivity contribution in [1.29, 1.82) is 0 Å². The largest absolute Gasteiger partial charge is 0.507 e. The monoisotopic (exact) mass is 580 g/mol. The molecule has 1 saturated heterocycles. The molecule has 2 heterocycles. The Morgan fingerprint density at radius 3 is 2.47 bits per heavy atom. The molecule has 1 aliphatic heterocycles. The van der Waals surface area contributed by atoms with Gasteiger partial charge in [-0.05, 0) is 85.4 Å². The van der Waals surface area contributed by atoms with E-state index in [4.69, 9.17) is 0 Å². The molecule has 0 spiro atoms. The average molecular weight is 581 g/mol. The van der Waals surface area contributed by atoms with Gasteiger partial charge in [-0.15, -0.1) is 0 Å². The first kappa shape index (κ1) is 29.3. The zero-order chi connectivity index (χ0) is 30.1. The zero-order valence-corrected chi connectivity index (χ0v) is 24.7. The summed E-state index contributed by atoms with van der Waals surface area (Å²) in [6.07, 6.45) is 9.09. The number of fused-ring (bicyclic) bond motifs is 2. The molecule has 1 aromatic heterocycles. The van der Waals surface area contributed by atoms with Crippen LogP contribution in [0.2, 0.25) is 0 Å². The Kier molecular flexibility index (Phi) is 8.46. The number of aliphatic hydroxyl groups is 2. The quantitative estimate of drug-likeness (QED) is 0.227. The van der Waals surface area contributed by atoms with Crippen LogP contribution in [0.5, 0.6) is 5.75 Å². The van der Waals surface area contributed by atoms with Gasteiger partial charge in [0.1, 0.15) is 5.75 Å². The summed E-state index contributed by atoms with van der Waals surface area (Å²) in [4.78, 5) is 33.3. The van der Waals surface area contributed by atoms with Gasteiger partial charge in [0, 0.05) is 23.5 Å². The van der Waals surface area contributed by atoms with Crippen molar-refractivity contribution in [1.82, 2.24) is 9.88 Å². The summed E-state index contributed by atoms with van der Waals surface area (Å²) in [6, 6.07) is 16.9. The van der Waals surface area contributed by atoms with Crippen LogP contribution in [-0.4, -0.2) is 55.8 Å². The highest BCUT2D eigenvalue weighted by Gasteiger charge is 2.55. The van der Waals surface area contributed by atoms with E-state index in [-0.39, 0.29) is 30.2 Å². The predicted octanol–water partition coefficient (Wildman–Crippen LogP) is 5.88. The Bertz CT molecular complexity index is 1570. The van der Waals surface area contributed by atoms with Gasteiger partial charge in [-0.25, -0.2) is 0 Å². The van der Waals surface area contributed by atoms with Crippen molar-refractivity contribution in [2.45, 2.75) is 70.4 Å². The van der Waals surface area contributed by atoms with Crippen molar-refractivity contribution < 1.29 is 24.9 Å². The van der Waals surface area contributed by atoms with Crippen LogP contribution in [-0.2, 0) is 9.59 Å². The number of likely N-dealkylation sites (tertiary alicyclic amines) is 1. The van der Waals surface area contributed by atoms with E-state index >= 15 is 0 Å². The van der Waals surface area contributed by atoms with Gasteiger partial charge < -0.3 is 15.3 Å². The molecule has 0 radical (unpaired) electrons. The molecule has 6 rings (SSSR count). The second-order valence-corrected chi connectivity index (χ2v) is 12.4. The topological polar surface area (TPSA) is 111 Å². The number of aromatic hydroxyl groups is 1. The fourth-order valence-corrected chi connectivity index (χ4v) is 7.74. The number of benzene rings is 2. The number of allylic oxidation sites excluding steroid dienone is 2. The number of carbonyl (C=O) groups is 2. The molecule has 0 unspecified atom stereocenters. The van der Waals surface area contributed by atoms with E-state index in [9.17, 15) is 24.9 Å². The number of hydrogen-bond acceptors (Lipinski definition) is 6. The first-order valence-electron chi connectivity index (χ1n) is 15.6. The van der Waals surface area contributed by atoms with Crippen LogP contribution in [0.15, 0.2) is 71.9 Å². The fraction of sp³-hybridized carbons (Fsp3) is 0.417. The standard InChI is InChI=1S/C36H40N2O5/c1-22-19-28-34(36(43)38(35(28)42)25-9-3-2-4-10-25)29(21-39)33(22)32(41)17-15-24(30-13-7-8-18-37-30)20-23-14-16-31(40)27-12-6-5-11-26(23)27/h5-8,11-14,16,18,20,25,28-29,32,34,39-41H,2-4,9-10,15,17,19,21H2,1H3/b24-20-/t28-,29+,32-,34-/m1/s1. The van der Waals surface area contributed by atoms with Crippen molar-refractivity contribution in [3.63, 3.8) is 0 Å². The first-order valence-corrected chi connectivity index (χ1v) is 15.6. The summed E-state index contributed by atoms with van der Waals surface area (Å²) in [5, 5.41) is 34.3. The molecule has 2 amide bonds. The smallest absolute Gasteiger partial charge is 0.234 e. The van der Waals surface area contributed by atoms with E-state index in [1.54, 1.807) is 12.3 Å². The minimum Gasteiger partial charge on any atom is -0.507 e. The van der Waals surface area contributed by atoms with Gasteiger partial charge in [0.25, 0.3) is 0 Å². The van der Waals surface area contributed by atoms with Crippen LogP contribution in [0.1, 0.15) is 69.5 Å². The molecule has 7 heteroatoms. The number of aliphatic hydroxyl groups excluding tert-OH is 2. The summed E-state index contributed by atoms with van der Waals surface area (Å²) in [7, 11) is 0. The number of phenolic OH excluding ortho intramolecular Hbond substituents is 1. The van der Waals surface area contributed by atoms with Crippen LogP contribution >= 0.6 is 0 Å². The Balaban J connectivity index is 1.27. The predicted molar refractivity (Wildman–Crippen MR) is 167 cm³/mol. The third-order valence-corrected chi connectivity index (χ3v) is 9.80. The van der Waals surface area contributed by atoms with Crippen molar-refractivity contribution in [3.05, 3.63) is 83.2 Å². The van der Waals surface area contributed by atoms with Gasteiger partial charge in [0.15, 0.2) is 0 Å². The SMILES string of the molecule is CC1=C([C@H](O)CC/C(=C/c2ccc(O)c3ccccc23)c2ccccn2)[C@H](CO)[C@@H]2C(=O)N(C3CCCCC3)C(=O)[C@@H]2C1. The van der Waals surface area contributed by atoms with Gasteiger partial charge >= 0.3 is 0 Å². The third kappa shape index (κ3) is 5.52. The van der Waals surface area contributed by atoms with Gasteiger partial charge in [0.05, 0.1) is 30.2 Å². The molecular weight excluding hydrogens is 540 g/mol. The minimum absolute atomic E-state index is 0.0468. The van der Waals surface area contributed by atoms with Crippen molar-refractivity contribution in [2.75, 3.05) is 6.61 Å². The van der Waals surface area contributed by atoms with E-state index < -0.39 is 23.9 Å². The molecule has 1 saturated carbocycles. The summed E-state index contributed by atoms with van der Waals surface area (Å²) in [5.41, 5.74) is 4.25. The molecule has 0 bridgehead atoms. The number of amides is 2. The molecule has 224 valence electrons. The molecule has 4 atom stereocenters. The lowest BCUT2D eigenvalue weighted by atomic mass is 9.68. The summed E-state index contributed by atoms with van der Waals surface area (Å²) in [5.74, 6) is -1.72. The van der Waals surface area contributed by atoms with E-state index in [1.165, 1.54) is 4.90 Å². The summed E-state index contributed by atoms with van der Waals surface area (Å²) in [6.45, 7) is 1.64. The van der Waals surface area contributed by atoms with E-state index in [2.05, 4.69) is 11.1 Å². The average Bonchev–Trinajstić information content (AvgIpc) is 3.28. The number of imide groups is 1. The number of aromatic nitrogens is 1. The van der Waals surface area contributed by atoms with Crippen molar-refractivity contribution in [3.8, 4) is 5.75 Å². The summed E-state index contributed by atoms with van der Waals surface area (Å²) < 4.78 is 0. The minimum atomic E-state index is -0.881. The lowest BCUT2D eigenvalue weighted by Crippen LogP contribution is -2.42. The second kappa shape index (κ2) is 12.4. The van der Waals surface area contributed by atoms with Crippen molar-refractivity contribution >= 4 is 34.2 Å². The number of hydrogen-bond donors (Lipinski definition) is 3. The Morgan fingerprint density at radius 2 is 1.74 bits per heavy atom. The number of pyridine rings is 1. The fourth-order valence-electron chi connectivity index (χ4n) is 7.74. The molecule has 3 aliphatic rings.